The first-order valence-electron chi connectivity index (χ1n) is 4.63. The Bertz CT molecular complexity index is 387. The molecule has 78 valence electrons. The van der Waals surface area contributed by atoms with Crippen LogP contribution in [0.15, 0.2) is 18.3 Å². The molecule has 1 rings (SSSR count). The Morgan fingerprint density at radius 1 is 1.60 bits per heavy atom. The minimum atomic E-state index is -0.0394. The summed E-state index contributed by atoms with van der Waals surface area (Å²) in [5.74, 6) is 5.75. The third-order valence-corrected chi connectivity index (χ3v) is 1.63. The smallest absolute Gasteiger partial charge is 0.216 e. The molecule has 3 N–H and O–H groups in total. The number of nitrogens with zero attached hydrogens (tertiary/aromatic N) is 1. The van der Waals surface area contributed by atoms with Crippen molar-refractivity contribution in [1.29, 1.82) is 0 Å². The fraction of sp³-hybridized carbons (Fsp3) is 0.273. The highest BCUT2D eigenvalue weighted by molar-refractivity contribution is 5.72. The summed E-state index contributed by atoms with van der Waals surface area (Å²) in [6.45, 7) is 2.05. The predicted octanol–water partition coefficient (Wildman–Crippen LogP) is 0.541. The number of hydrogen-bond acceptors (Lipinski definition) is 3. The zero-order valence-electron chi connectivity index (χ0n) is 8.58. The molecule has 1 aromatic rings. The van der Waals surface area contributed by atoms with E-state index in [-0.39, 0.29) is 5.91 Å². The number of rotatable bonds is 2. The van der Waals surface area contributed by atoms with Crippen molar-refractivity contribution in [3.05, 3.63) is 24.0 Å². The molecule has 1 amide bonds. The minimum absolute atomic E-state index is 0.0394. The zero-order valence-corrected chi connectivity index (χ0v) is 8.58. The average Bonchev–Trinajstić information content (AvgIpc) is 2.20. The average molecular weight is 203 g/mol. The van der Waals surface area contributed by atoms with Crippen LogP contribution in [0.25, 0.3) is 0 Å². The highest BCUT2D eigenvalue weighted by Crippen LogP contribution is 1.98. The van der Waals surface area contributed by atoms with Crippen molar-refractivity contribution < 1.29 is 4.79 Å². The van der Waals surface area contributed by atoms with E-state index in [1.165, 1.54) is 6.92 Å². The molecule has 0 unspecified atom stereocenters. The molecule has 0 aliphatic rings. The monoisotopic (exact) mass is 203 g/mol. The number of anilines is 1. The molecule has 15 heavy (non-hydrogen) atoms. The van der Waals surface area contributed by atoms with Gasteiger partial charge in [-0.2, -0.15) is 0 Å². The molecule has 0 bridgehead atoms. The Morgan fingerprint density at radius 2 is 2.40 bits per heavy atom. The number of nitrogens with one attached hydrogen (secondary N) is 1. The SMILES string of the molecule is CC(=O)NCCC#Cc1ccc(N)cn1. The Morgan fingerprint density at radius 3 is 3.00 bits per heavy atom. The maximum atomic E-state index is 10.5. The van der Waals surface area contributed by atoms with Crippen molar-refractivity contribution >= 4 is 11.6 Å². The number of aromatic nitrogens is 1. The summed E-state index contributed by atoms with van der Waals surface area (Å²) in [5, 5.41) is 2.66. The standard InChI is InChI=1S/C11H13N3O/c1-9(15)13-7-3-2-4-11-6-5-10(12)8-14-11/h5-6,8H,3,7,12H2,1H3,(H,13,15). The predicted molar refractivity (Wildman–Crippen MR) is 58.8 cm³/mol. The van der Waals surface area contributed by atoms with E-state index in [9.17, 15) is 4.79 Å². The van der Waals surface area contributed by atoms with Gasteiger partial charge < -0.3 is 11.1 Å². The molecule has 0 aliphatic carbocycles. The summed E-state index contributed by atoms with van der Waals surface area (Å²) in [4.78, 5) is 14.6. The summed E-state index contributed by atoms with van der Waals surface area (Å²) in [7, 11) is 0. The van der Waals surface area contributed by atoms with Gasteiger partial charge in [0, 0.05) is 19.9 Å². The van der Waals surface area contributed by atoms with Crippen LogP contribution in [-0.4, -0.2) is 17.4 Å². The normalized spacial score (nSPS) is 8.87. The van der Waals surface area contributed by atoms with Crippen LogP contribution in [0, 0.1) is 11.8 Å². The number of nitrogens with two attached hydrogens (primary N) is 1. The highest BCUT2D eigenvalue weighted by atomic mass is 16.1. The quantitative estimate of drug-likeness (QED) is 0.544. The van der Waals surface area contributed by atoms with E-state index in [0.717, 1.165) is 0 Å². The van der Waals surface area contributed by atoms with Crippen molar-refractivity contribution in [3.63, 3.8) is 0 Å². The second kappa shape index (κ2) is 5.66. The first-order valence-corrected chi connectivity index (χ1v) is 4.63. The Kier molecular flexibility index (Phi) is 4.17. The van der Waals surface area contributed by atoms with Crippen LogP contribution < -0.4 is 11.1 Å². The van der Waals surface area contributed by atoms with Gasteiger partial charge in [0.1, 0.15) is 5.69 Å². The maximum Gasteiger partial charge on any atom is 0.216 e. The third kappa shape index (κ3) is 4.67. The lowest BCUT2D eigenvalue weighted by Gasteiger charge is -1.94. The Hall–Kier alpha value is -2.02. The van der Waals surface area contributed by atoms with Gasteiger partial charge in [-0.1, -0.05) is 5.92 Å². The number of hydrogen-bond donors (Lipinski definition) is 2. The van der Waals surface area contributed by atoms with Crippen molar-refractivity contribution in [2.24, 2.45) is 0 Å². The minimum Gasteiger partial charge on any atom is -0.397 e. The molecule has 0 aromatic carbocycles. The highest BCUT2D eigenvalue weighted by Gasteiger charge is 1.88. The first-order chi connectivity index (χ1) is 7.18. The Balaban J connectivity index is 2.38. The molecule has 0 fully saturated rings. The summed E-state index contributed by atoms with van der Waals surface area (Å²) >= 11 is 0. The molecule has 0 radical (unpaired) electrons. The van der Waals surface area contributed by atoms with E-state index < -0.39 is 0 Å². The van der Waals surface area contributed by atoms with Gasteiger partial charge in [-0.3, -0.25) is 4.79 Å². The van der Waals surface area contributed by atoms with E-state index >= 15 is 0 Å². The third-order valence-electron chi connectivity index (χ3n) is 1.63. The van der Waals surface area contributed by atoms with E-state index in [1.54, 1.807) is 18.3 Å². The van der Waals surface area contributed by atoms with E-state index in [1.807, 2.05) is 0 Å². The van der Waals surface area contributed by atoms with Crippen molar-refractivity contribution in [3.8, 4) is 11.8 Å². The molecule has 0 saturated heterocycles. The van der Waals surface area contributed by atoms with Crippen LogP contribution in [0.3, 0.4) is 0 Å². The van der Waals surface area contributed by atoms with E-state index in [0.29, 0.717) is 24.3 Å². The fourth-order valence-electron chi connectivity index (χ4n) is 0.933. The van der Waals surface area contributed by atoms with Gasteiger partial charge in [-0.05, 0) is 18.1 Å². The zero-order chi connectivity index (χ0) is 11.1. The first kappa shape index (κ1) is 11.1. The molecule has 4 nitrogen and oxygen atoms in total. The van der Waals surface area contributed by atoms with Gasteiger partial charge in [0.05, 0.1) is 11.9 Å². The van der Waals surface area contributed by atoms with Crippen LogP contribution in [0.5, 0.6) is 0 Å². The molecular weight excluding hydrogens is 190 g/mol. The van der Waals surface area contributed by atoms with Crippen LogP contribution in [0.2, 0.25) is 0 Å². The molecule has 0 aliphatic heterocycles. The summed E-state index contributed by atoms with van der Waals surface area (Å²) in [6.07, 6.45) is 2.18. The van der Waals surface area contributed by atoms with E-state index in [4.69, 9.17) is 5.73 Å². The van der Waals surface area contributed by atoms with E-state index in [2.05, 4.69) is 22.1 Å². The Labute approximate surface area is 88.9 Å². The van der Waals surface area contributed by atoms with Crippen molar-refractivity contribution in [1.82, 2.24) is 10.3 Å². The lowest BCUT2D eigenvalue weighted by molar-refractivity contribution is -0.118. The second-order valence-electron chi connectivity index (χ2n) is 3.01. The number of pyridine rings is 1. The largest absolute Gasteiger partial charge is 0.397 e. The topological polar surface area (TPSA) is 68.0 Å². The summed E-state index contributed by atoms with van der Waals surface area (Å²) in [5.41, 5.74) is 6.79. The van der Waals surface area contributed by atoms with Gasteiger partial charge in [-0.15, -0.1) is 0 Å². The van der Waals surface area contributed by atoms with Crippen LogP contribution in [0.1, 0.15) is 19.0 Å². The van der Waals surface area contributed by atoms with Gasteiger partial charge in [-0.25, -0.2) is 4.98 Å². The molecule has 0 atom stereocenters. The van der Waals surface area contributed by atoms with Crippen LogP contribution in [-0.2, 0) is 4.79 Å². The van der Waals surface area contributed by atoms with Crippen molar-refractivity contribution in [2.45, 2.75) is 13.3 Å². The summed E-state index contributed by atoms with van der Waals surface area (Å²) < 4.78 is 0. The molecule has 0 spiro atoms. The number of nitrogen functional groups attached to an aromatic ring is 1. The van der Waals surface area contributed by atoms with Crippen LogP contribution in [0.4, 0.5) is 5.69 Å². The van der Waals surface area contributed by atoms with Gasteiger partial charge in [0.15, 0.2) is 0 Å². The van der Waals surface area contributed by atoms with Gasteiger partial charge in [0.2, 0.25) is 5.91 Å². The lowest BCUT2D eigenvalue weighted by atomic mass is 10.3. The molecule has 1 aromatic heterocycles. The lowest BCUT2D eigenvalue weighted by Crippen LogP contribution is -2.20. The number of amides is 1. The molecule has 0 saturated carbocycles. The summed E-state index contributed by atoms with van der Waals surface area (Å²) in [6, 6.07) is 3.52. The van der Waals surface area contributed by atoms with Crippen molar-refractivity contribution in [2.75, 3.05) is 12.3 Å². The fourth-order valence-corrected chi connectivity index (χ4v) is 0.933. The number of carbonyl (C=O) groups is 1. The maximum absolute atomic E-state index is 10.5. The number of carbonyl (C=O) groups excluding carboxylic acids is 1. The van der Waals surface area contributed by atoms with Crippen LogP contribution >= 0.6 is 0 Å². The molecule has 4 heteroatoms. The molecule has 1 heterocycles. The second-order valence-corrected chi connectivity index (χ2v) is 3.01. The molecular formula is C11H13N3O. The van der Waals surface area contributed by atoms with Gasteiger partial charge in [0.25, 0.3) is 0 Å². The van der Waals surface area contributed by atoms with Gasteiger partial charge >= 0.3 is 0 Å².